The van der Waals surface area contributed by atoms with Crippen molar-refractivity contribution in [3.63, 3.8) is 0 Å². The van der Waals surface area contributed by atoms with Crippen LogP contribution in [0.5, 0.6) is 0 Å². The van der Waals surface area contributed by atoms with Crippen LogP contribution in [-0.4, -0.2) is 23.3 Å². The van der Waals surface area contributed by atoms with Crippen LogP contribution in [0.25, 0.3) is 0 Å². The van der Waals surface area contributed by atoms with Crippen molar-refractivity contribution in [1.29, 1.82) is 0 Å². The third-order valence-electron chi connectivity index (χ3n) is 5.41. The summed E-state index contributed by atoms with van der Waals surface area (Å²) in [6.07, 6.45) is 4.90. The maximum absolute atomic E-state index is 12.8. The second-order valence-corrected chi connectivity index (χ2v) is 7.05. The lowest BCUT2D eigenvalue weighted by molar-refractivity contribution is -0.130. The summed E-state index contributed by atoms with van der Waals surface area (Å²) in [4.78, 5) is 26.8. The molecule has 2 heterocycles. The van der Waals surface area contributed by atoms with E-state index in [0.29, 0.717) is 13.1 Å². The van der Waals surface area contributed by atoms with Crippen LogP contribution >= 0.6 is 0 Å². The molecule has 1 aliphatic carbocycles. The van der Waals surface area contributed by atoms with E-state index in [2.05, 4.69) is 17.4 Å². The van der Waals surface area contributed by atoms with Gasteiger partial charge in [-0.1, -0.05) is 30.3 Å². The fourth-order valence-electron chi connectivity index (χ4n) is 3.80. The van der Waals surface area contributed by atoms with Crippen molar-refractivity contribution >= 4 is 11.8 Å². The molecule has 25 heavy (non-hydrogen) atoms. The van der Waals surface area contributed by atoms with Gasteiger partial charge in [0.25, 0.3) is 0 Å². The molecule has 2 aliphatic rings. The van der Waals surface area contributed by atoms with Gasteiger partial charge in [0.05, 0.1) is 24.3 Å². The lowest BCUT2D eigenvalue weighted by atomic mass is 9.71. The first-order valence-corrected chi connectivity index (χ1v) is 8.84. The van der Waals surface area contributed by atoms with Crippen LogP contribution < -0.4 is 5.32 Å². The minimum Gasteiger partial charge on any atom is -0.467 e. The van der Waals surface area contributed by atoms with E-state index in [0.717, 1.165) is 30.6 Å². The van der Waals surface area contributed by atoms with Gasteiger partial charge in [0.1, 0.15) is 5.76 Å². The lowest BCUT2D eigenvalue weighted by Crippen LogP contribution is -2.52. The van der Waals surface area contributed by atoms with E-state index in [1.165, 1.54) is 0 Å². The van der Waals surface area contributed by atoms with E-state index in [1.807, 2.05) is 24.3 Å². The van der Waals surface area contributed by atoms with E-state index >= 15 is 0 Å². The second kappa shape index (κ2) is 6.39. The van der Waals surface area contributed by atoms with Crippen LogP contribution in [0.15, 0.2) is 53.1 Å². The summed E-state index contributed by atoms with van der Waals surface area (Å²) in [5.74, 6) is 0.454. The zero-order valence-electron chi connectivity index (χ0n) is 14.1. The van der Waals surface area contributed by atoms with Crippen LogP contribution in [-0.2, 0) is 21.7 Å². The minimum atomic E-state index is -0.288. The predicted molar refractivity (Wildman–Crippen MR) is 92.3 cm³/mol. The number of nitrogens with zero attached hydrogens (tertiary/aromatic N) is 1. The molecule has 4 rings (SSSR count). The Kier molecular flexibility index (Phi) is 4.07. The lowest BCUT2D eigenvalue weighted by Gasteiger charge is -2.43. The zero-order valence-corrected chi connectivity index (χ0v) is 14.1. The van der Waals surface area contributed by atoms with E-state index < -0.39 is 0 Å². The van der Waals surface area contributed by atoms with Crippen molar-refractivity contribution in [3.05, 3.63) is 60.1 Å². The predicted octanol–water partition coefficient (Wildman–Crippen LogP) is 2.82. The van der Waals surface area contributed by atoms with Crippen LogP contribution in [0, 0.1) is 5.92 Å². The molecule has 2 fully saturated rings. The quantitative estimate of drug-likeness (QED) is 0.912. The molecular weight excluding hydrogens is 316 g/mol. The summed E-state index contributed by atoms with van der Waals surface area (Å²) in [7, 11) is 0. The Morgan fingerprint density at radius 2 is 2.00 bits per heavy atom. The third kappa shape index (κ3) is 3.06. The van der Waals surface area contributed by atoms with E-state index in [4.69, 9.17) is 4.42 Å². The number of amides is 2. The maximum atomic E-state index is 12.8. The van der Waals surface area contributed by atoms with Crippen LogP contribution in [0.1, 0.15) is 37.0 Å². The van der Waals surface area contributed by atoms with Gasteiger partial charge in [-0.3, -0.25) is 9.59 Å². The SMILES string of the molecule is O=C(NC1(c2ccccc2)CCC1)C1CC(=O)N(Cc2ccco2)C1. The maximum Gasteiger partial charge on any atom is 0.226 e. The van der Waals surface area contributed by atoms with Gasteiger partial charge in [-0.2, -0.15) is 0 Å². The fourth-order valence-corrected chi connectivity index (χ4v) is 3.80. The molecule has 1 N–H and O–H groups in total. The summed E-state index contributed by atoms with van der Waals surface area (Å²) < 4.78 is 5.31. The Balaban J connectivity index is 1.42. The number of furan rings is 1. The Morgan fingerprint density at radius 1 is 1.20 bits per heavy atom. The molecule has 0 bridgehead atoms. The molecule has 0 radical (unpaired) electrons. The highest BCUT2D eigenvalue weighted by Crippen LogP contribution is 2.41. The van der Waals surface area contributed by atoms with Gasteiger partial charge < -0.3 is 14.6 Å². The average Bonchev–Trinajstić information content (AvgIpc) is 3.22. The molecule has 0 spiro atoms. The smallest absolute Gasteiger partial charge is 0.226 e. The van der Waals surface area contributed by atoms with Crippen molar-refractivity contribution in [1.82, 2.24) is 10.2 Å². The summed E-state index contributed by atoms with van der Waals surface area (Å²) in [5, 5.41) is 3.25. The molecule has 1 saturated heterocycles. The summed E-state index contributed by atoms with van der Waals surface area (Å²) >= 11 is 0. The zero-order chi connectivity index (χ0) is 17.3. The normalized spacial score (nSPS) is 21.8. The Morgan fingerprint density at radius 3 is 2.64 bits per heavy atom. The first kappa shape index (κ1) is 15.9. The molecule has 1 aromatic heterocycles. The number of hydrogen-bond donors (Lipinski definition) is 1. The van der Waals surface area contributed by atoms with E-state index in [-0.39, 0.29) is 29.7 Å². The standard InChI is InChI=1S/C20H22N2O3/c23-18-12-15(13-22(18)14-17-8-4-11-25-17)19(24)21-20(9-5-10-20)16-6-2-1-3-7-16/h1-4,6-8,11,15H,5,9-10,12-14H2,(H,21,24). The van der Waals surface area contributed by atoms with Crippen molar-refractivity contribution in [2.24, 2.45) is 5.92 Å². The van der Waals surface area contributed by atoms with Gasteiger partial charge in [-0.25, -0.2) is 0 Å². The molecule has 130 valence electrons. The van der Waals surface area contributed by atoms with Crippen molar-refractivity contribution in [3.8, 4) is 0 Å². The first-order valence-electron chi connectivity index (χ1n) is 8.84. The Bertz CT molecular complexity index is 751. The van der Waals surface area contributed by atoms with Crippen molar-refractivity contribution in [2.45, 2.75) is 37.8 Å². The van der Waals surface area contributed by atoms with Gasteiger partial charge in [0.2, 0.25) is 11.8 Å². The van der Waals surface area contributed by atoms with Gasteiger partial charge >= 0.3 is 0 Å². The van der Waals surface area contributed by atoms with E-state index in [1.54, 1.807) is 17.2 Å². The molecule has 5 heteroatoms. The molecule has 1 saturated carbocycles. The molecule has 1 aliphatic heterocycles. The number of benzene rings is 1. The van der Waals surface area contributed by atoms with Gasteiger partial charge in [0.15, 0.2) is 0 Å². The van der Waals surface area contributed by atoms with Crippen molar-refractivity contribution in [2.75, 3.05) is 6.54 Å². The monoisotopic (exact) mass is 338 g/mol. The van der Waals surface area contributed by atoms with Gasteiger partial charge in [-0.15, -0.1) is 0 Å². The molecule has 1 atom stereocenters. The number of carbonyl (C=O) groups excluding carboxylic acids is 2. The highest BCUT2D eigenvalue weighted by atomic mass is 16.3. The number of nitrogens with one attached hydrogen (secondary N) is 1. The largest absolute Gasteiger partial charge is 0.467 e. The Hall–Kier alpha value is -2.56. The molecular formula is C20H22N2O3. The molecule has 2 amide bonds. The first-order chi connectivity index (χ1) is 12.2. The number of hydrogen-bond acceptors (Lipinski definition) is 3. The molecule has 1 unspecified atom stereocenters. The molecule has 2 aromatic rings. The molecule has 5 nitrogen and oxygen atoms in total. The highest BCUT2D eigenvalue weighted by molar-refractivity contribution is 5.89. The topological polar surface area (TPSA) is 62.6 Å². The third-order valence-corrected chi connectivity index (χ3v) is 5.41. The highest BCUT2D eigenvalue weighted by Gasteiger charge is 2.43. The minimum absolute atomic E-state index is 0.0129. The summed E-state index contributed by atoms with van der Waals surface area (Å²) in [6.45, 7) is 0.885. The fraction of sp³-hybridized carbons (Fsp3) is 0.400. The van der Waals surface area contributed by atoms with Gasteiger partial charge in [0, 0.05) is 13.0 Å². The van der Waals surface area contributed by atoms with E-state index in [9.17, 15) is 9.59 Å². The van der Waals surface area contributed by atoms with Gasteiger partial charge in [-0.05, 0) is 37.0 Å². The number of rotatable bonds is 5. The van der Waals surface area contributed by atoms with Crippen molar-refractivity contribution < 1.29 is 14.0 Å². The average molecular weight is 338 g/mol. The van der Waals surface area contributed by atoms with Crippen LogP contribution in [0.3, 0.4) is 0 Å². The molecule has 1 aromatic carbocycles. The summed E-state index contributed by atoms with van der Waals surface area (Å²) in [6, 6.07) is 13.8. The van der Waals surface area contributed by atoms with Crippen LogP contribution in [0.2, 0.25) is 0 Å². The summed E-state index contributed by atoms with van der Waals surface area (Å²) in [5.41, 5.74) is 0.905. The number of carbonyl (C=O) groups is 2. The number of likely N-dealkylation sites (tertiary alicyclic amines) is 1. The van der Waals surface area contributed by atoms with Crippen LogP contribution in [0.4, 0.5) is 0 Å². The second-order valence-electron chi connectivity index (χ2n) is 7.05. The Labute approximate surface area is 147 Å².